The Morgan fingerprint density at radius 2 is 0.656 bits per heavy atom. The van der Waals surface area contributed by atoms with E-state index in [4.69, 9.17) is 9.47 Å². The molecule has 1 aliphatic heterocycles. The molecule has 1 rings (SSSR count). The number of allylic oxidation sites excluding steroid dienone is 17. The Balaban J connectivity index is 2.08. The number of amides is 1. The highest BCUT2D eigenvalue weighted by Crippen LogP contribution is 2.24. The number of carbonyl (C=O) groups is 1. The van der Waals surface area contributed by atoms with Gasteiger partial charge in [0.1, 0.15) is 24.4 Å². The van der Waals surface area contributed by atoms with Crippen LogP contribution in [0.1, 0.15) is 380 Å². The largest absolute Gasteiger partial charge is 0.394 e. The number of ether oxygens (including phenoxy) is 2. The highest BCUT2D eigenvalue weighted by molar-refractivity contribution is 5.76. The van der Waals surface area contributed by atoms with E-state index in [1.807, 2.05) is 6.08 Å². The fraction of sp³-hybridized carbons (Fsp3) is 0.782. The van der Waals surface area contributed by atoms with Crippen molar-refractivity contribution in [3.8, 4) is 0 Å². The topological polar surface area (TPSA) is 149 Å². The molecule has 0 aromatic rings. The summed E-state index contributed by atoms with van der Waals surface area (Å²) in [4.78, 5) is 13.2. The Morgan fingerprint density at radius 1 is 0.365 bits per heavy atom. The van der Waals surface area contributed by atoms with Gasteiger partial charge in [-0.15, -0.1) is 0 Å². The lowest BCUT2D eigenvalue weighted by molar-refractivity contribution is -0.302. The molecule has 1 fully saturated rings. The number of carbonyl (C=O) groups excluding carboxylic acids is 1. The van der Waals surface area contributed by atoms with Gasteiger partial charge in [0.25, 0.3) is 0 Å². The number of rotatable bonds is 72. The number of hydrogen-bond donors (Lipinski definition) is 6. The van der Waals surface area contributed by atoms with Crippen LogP contribution in [0.25, 0.3) is 0 Å². The zero-order chi connectivity index (χ0) is 69.2. The molecule has 0 aromatic heterocycles. The van der Waals surface area contributed by atoms with E-state index < -0.39 is 49.5 Å². The van der Waals surface area contributed by atoms with Crippen molar-refractivity contribution in [3.05, 3.63) is 109 Å². The SMILES string of the molecule is CC/C=C\C/C=C\C/C=C\C/C=C\C/C=C\C/C=C\C/C=C\CCCCCCCCCCCCCCCCCCCCCC(=O)NC(COC1OC(CO)C(O)C(O)C1O)C(O)/C=C/CC/C=C/CCCCCCCCCCCCCCCCCCCCCCCCCCCC. The fourth-order valence-corrected chi connectivity index (χ4v) is 12.7. The third-order valence-corrected chi connectivity index (χ3v) is 19.1. The van der Waals surface area contributed by atoms with Crippen molar-refractivity contribution in [3.63, 3.8) is 0 Å². The molecule has 9 heteroatoms. The molecule has 0 bridgehead atoms. The Hall–Kier alpha value is -3.15. The number of hydrogen-bond acceptors (Lipinski definition) is 8. The summed E-state index contributed by atoms with van der Waals surface area (Å²) in [5.74, 6) is -0.183. The third kappa shape index (κ3) is 61.9. The summed E-state index contributed by atoms with van der Waals surface area (Å²) < 4.78 is 11.3. The molecule has 96 heavy (non-hydrogen) atoms. The Kier molecular flexibility index (Phi) is 70.5. The molecular formula is C87H155NO8. The Bertz CT molecular complexity index is 1900. The molecule has 1 saturated heterocycles. The van der Waals surface area contributed by atoms with Crippen molar-refractivity contribution in [2.75, 3.05) is 13.2 Å². The summed E-state index contributed by atoms with van der Waals surface area (Å²) in [6.45, 7) is 3.69. The van der Waals surface area contributed by atoms with E-state index in [2.05, 4.69) is 116 Å². The van der Waals surface area contributed by atoms with Crippen molar-refractivity contribution in [2.24, 2.45) is 0 Å². The monoisotopic (exact) mass is 1340 g/mol. The predicted octanol–water partition coefficient (Wildman–Crippen LogP) is 23.9. The third-order valence-electron chi connectivity index (χ3n) is 19.1. The number of aliphatic hydroxyl groups excluding tert-OH is 5. The quantitative estimate of drug-likeness (QED) is 0.0261. The molecule has 7 atom stereocenters. The van der Waals surface area contributed by atoms with Crippen LogP contribution in [0.5, 0.6) is 0 Å². The van der Waals surface area contributed by atoms with Gasteiger partial charge in [-0.3, -0.25) is 4.79 Å². The maximum atomic E-state index is 13.2. The number of unbranched alkanes of at least 4 members (excludes halogenated alkanes) is 46. The lowest BCUT2D eigenvalue weighted by Crippen LogP contribution is -2.60. The maximum absolute atomic E-state index is 13.2. The van der Waals surface area contributed by atoms with E-state index in [0.717, 1.165) is 83.5 Å². The maximum Gasteiger partial charge on any atom is 0.220 e. The predicted molar refractivity (Wildman–Crippen MR) is 414 cm³/mol. The van der Waals surface area contributed by atoms with Crippen LogP contribution >= 0.6 is 0 Å². The molecule has 6 N–H and O–H groups in total. The standard InChI is InChI=1S/C87H155NO8/c1-3-5-7-9-11-13-15-17-19-21-23-25-27-29-31-33-35-37-38-39-40-41-42-43-44-45-47-49-51-53-55-57-59-61-63-65-67-69-71-73-75-77-83(91)88-80(79-95-87-86(94)85(93)84(92)82(78-89)96-87)81(90)76-74-72-70-68-66-64-62-60-58-56-54-52-50-48-46-36-34-32-30-28-26-24-22-20-18-16-14-12-10-8-6-4-2/h5,7,11,13,17,19,23,25,29,31,35,37,39-40,66,68,74,76,80-82,84-87,89-90,92-94H,3-4,6,8-10,12,14-16,18,20-22,24,26-28,30,32-34,36,38,41-65,67,69-73,75,77-79H2,1-2H3,(H,88,91)/b7-5-,13-11-,19-17-,25-23-,31-29-,37-35-,40-39-,68-66+,76-74+. The first-order valence-electron chi connectivity index (χ1n) is 41.1. The summed E-state index contributed by atoms with van der Waals surface area (Å²) in [5, 5.41) is 54.9. The average molecular weight is 1340 g/mol. The van der Waals surface area contributed by atoms with Gasteiger partial charge in [-0.2, -0.15) is 0 Å². The van der Waals surface area contributed by atoms with E-state index in [1.54, 1.807) is 6.08 Å². The molecule has 1 heterocycles. The molecule has 1 aliphatic rings. The second-order valence-corrected chi connectivity index (χ2v) is 28.2. The van der Waals surface area contributed by atoms with Gasteiger partial charge < -0.3 is 40.3 Å². The van der Waals surface area contributed by atoms with E-state index >= 15 is 0 Å². The lowest BCUT2D eigenvalue weighted by Gasteiger charge is -2.40. The average Bonchev–Trinajstić information content (AvgIpc) is 0.840. The molecule has 556 valence electrons. The second kappa shape index (κ2) is 74.5. The van der Waals surface area contributed by atoms with Crippen molar-refractivity contribution >= 4 is 5.91 Å². The van der Waals surface area contributed by atoms with Crippen molar-refractivity contribution in [1.29, 1.82) is 0 Å². The summed E-state index contributed by atoms with van der Waals surface area (Å²) in [6, 6.07) is -0.828. The first-order valence-corrected chi connectivity index (χ1v) is 41.1. The van der Waals surface area contributed by atoms with Crippen LogP contribution in [0.4, 0.5) is 0 Å². The van der Waals surface area contributed by atoms with Gasteiger partial charge in [-0.1, -0.05) is 393 Å². The van der Waals surface area contributed by atoms with Crippen LogP contribution in [0.3, 0.4) is 0 Å². The van der Waals surface area contributed by atoms with Crippen LogP contribution in [-0.2, 0) is 14.3 Å². The van der Waals surface area contributed by atoms with Gasteiger partial charge in [0.15, 0.2) is 6.29 Å². The normalized spacial score (nSPS) is 18.0. The van der Waals surface area contributed by atoms with E-state index in [0.29, 0.717) is 6.42 Å². The van der Waals surface area contributed by atoms with Crippen LogP contribution in [0.2, 0.25) is 0 Å². The minimum absolute atomic E-state index is 0.183. The van der Waals surface area contributed by atoms with Gasteiger partial charge in [0.2, 0.25) is 5.91 Å². The second-order valence-electron chi connectivity index (χ2n) is 28.2. The molecule has 0 spiro atoms. The van der Waals surface area contributed by atoms with Crippen LogP contribution in [0.15, 0.2) is 109 Å². The first kappa shape index (κ1) is 90.9. The van der Waals surface area contributed by atoms with E-state index in [9.17, 15) is 30.3 Å². The molecule has 0 aromatic carbocycles. The molecular weight excluding hydrogens is 1190 g/mol. The zero-order valence-electron chi connectivity index (χ0n) is 62.6. The molecule has 0 saturated carbocycles. The molecule has 7 unspecified atom stereocenters. The van der Waals surface area contributed by atoms with Crippen LogP contribution in [-0.4, -0.2) is 87.5 Å². The summed E-state index contributed by atoms with van der Waals surface area (Å²) in [5.41, 5.74) is 0. The van der Waals surface area contributed by atoms with E-state index in [1.165, 1.54) is 276 Å². The minimum Gasteiger partial charge on any atom is -0.394 e. The Labute approximate surface area is 593 Å². The molecule has 0 aliphatic carbocycles. The number of nitrogens with one attached hydrogen (secondary N) is 1. The van der Waals surface area contributed by atoms with Gasteiger partial charge in [0.05, 0.1) is 25.4 Å². The smallest absolute Gasteiger partial charge is 0.220 e. The number of aliphatic hydroxyl groups is 5. The summed E-state index contributed by atoms with van der Waals surface area (Å²) in [6.07, 6.45) is 104. The molecule has 0 radical (unpaired) electrons. The molecule has 1 amide bonds. The minimum atomic E-state index is -1.58. The van der Waals surface area contributed by atoms with E-state index in [-0.39, 0.29) is 12.5 Å². The van der Waals surface area contributed by atoms with Crippen molar-refractivity contribution < 1.29 is 39.8 Å². The highest BCUT2D eigenvalue weighted by atomic mass is 16.7. The molecule has 9 nitrogen and oxygen atoms in total. The van der Waals surface area contributed by atoms with Gasteiger partial charge in [-0.25, -0.2) is 0 Å². The van der Waals surface area contributed by atoms with Crippen molar-refractivity contribution in [1.82, 2.24) is 5.32 Å². The van der Waals surface area contributed by atoms with Gasteiger partial charge >= 0.3 is 0 Å². The summed E-state index contributed by atoms with van der Waals surface area (Å²) in [7, 11) is 0. The van der Waals surface area contributed by atoms with Gasteiger partial charge in [0, 0.05) is 6.42 Å². The van der Waals surface area contributed by atoms with Crippen LogP contribution < -0.4 is 5.32 Å². The van der Waals surface area contributed by atoms with Gasteiger partial charge in [-0.05, 0) is 89.9 Å². The highest BCUT2D eigenvalue weighted by Gasteiger charge is 2.44. The van der Waals surface area contributed by atoms with Crippen molar-refractivity contribution in [2.45, 2.75) is 423 Å². The lowest BCUT2D eigenvalue weighted by atomic mass is 9.99. The first-order chi connectivity index (χ1) is 47.3. The Morgan fingerprint density at radius 3 is 1.00 bits per heavy atom. The fourth-order valence-electron chi connectivity index (χ4n) is 12.7. The van der Waals surface area contributed by atoms with Crippen LogP contribution in [0, 0.1) is 0 Å². The zero-order valence-corrected chi connectivity index (χ0v) is 62.6. The summed E-state index contributed by atoms with van der Waals surface area (Å²) >= 11 is 0.